The van der Waals surface area contributed by atoms with E-state index >= 15 is 0 Å². The summed E-state index contributed by atoms with van der Waals surface area (Å²) in [6, 6.07) is 0. The van der Waals surface area contributed by atoms with Crippen LogP contribution < -0.4 is 0 Å². The highest BCUT2D eigenvalue weighted by Gasteiger charge is 2.28. The first kappa shape index (κ1) is 13.3. The molecule has 0 amide bonds. The topological polar surface area (TPSA) is 47.9 Å². The van der Waals surface area contributed by atoms with Gasteiger partial charge in [-0.25, -0.2) is 0 Å². The van der Waals surface area contributed by atoms with Crippen molar-refractivity contribution in [3.63, 3.8) is 0 Å². The standard InChI is InChI=1S/C10H21O4P/c1-7(11)5-8(2)12-15-13-9(3)6-10(4)14-15/h7-11H,5-6H2,1-4H3. The summed E-state index contributed by atoms with van der Waals surface area (Å²) in [7, 11) is -1.23. The molecule has 1 N–H and O–H groups in total. The van der Waals surface area contributed by atoms with Gasteiger partial charge in [0, 0.05) is 6.42 Å². The number of hydrogen-bond acceptors (Lipinski definition) is 4. The average Bonchev–Trinajstić information content (AvgIpc) is 1.98. The molecular formula is C10H21O4P. The molecule has 0 radical (unpaired) electrons. The Balaban J connectivity index is 2.30. The molecule has 0 spiro atoms. The number of aliphatic hydroxyl groups excluding tert-OH is 1. The molecule has 1 saturated heterocycles. The maximum Gasteiger partial charge on any atom is 0.333 e. The quantitative estimate of drug-likeness (QED) is 0.762. The van der Waals surface area contributed by atoms with Gasteiger partial charge in [0.1, 0.15) is 0 Å². The van der Waals surface area contributed by atoms with E-state index in [2.05, 4.69) is 0 Å². The number of rotatable bonds is 4. The minimum atomic E-state index is -1.23. The molecule has 0 saturated carbocycles. The molecule has 1 aliphatic rings. The predicted octanol–water partition coefficient (Wildman–Crippen LogP) is 2.60. The van der Waals surface area contributed by atoms with Gasteiger partial charge in [-0.3, -0.25) is 0 Å². The van der Waals surface area contributed by atoms with Gasteiger partial charge in [-0.2, -0.15) is 0 Å². The Morgan fingerprint density at radius 2 is 1.87 bits per heavy atom. The molecule has 4 unspecified atom stereocenters. The van der Waals surface area contributed by atoms with Gasteiger partial charge in [-0.15, -0.1) is 0 Å². The normalized spacial score (nSPS) is 36.2. The van der Waals surface area contributed by atoms with Crippen molar-refractivity contribution in [2.45, 2.75) is 65.0 Å². The van der Waals surface area contributed by atoms with Crippen molar-refractivity contribution in [2.24, 2.45) is 0 Å². The molecule has 0 bridgehead atoms. The van der Waals surface area contributed by atoms with Crippen molar-refractivity contribution >= 4 is 8.60 Å². The first-order valence-corrected chi connectivity index (χ1v) is 6.55. The minimum Gasteiger partial charge on any atom is -0.393 e. The van der Waals surface area contributed by atoms with Crippen LogP contribution in [0.15, 0.2) is 0 Å². The zero-order valence-corrected chi connectivity index (χ0v) is 10.7. The number of aliphatic hydroxyl groups is 1. The van der Waals surface area contributed by atoms with Gasteiger partial charge >= 0.3 is 8.60 Å². The second kappa shape index (κ2) is 6.12. The molecule has 1 rings (SSSR count). The molecule has 0 aromatic rings. The van der Waals surface area contributed by atoms with E-state index in [4.69, 9.17) is 13.6 Å². The molecule has 0 aromatic carbocycles. The first-order valence-electron chi connectivity index (χ1n) is 5.46. The molecular weight excluding hydrogens is 215 g/mol. The third-order valence-corrected chi connectivity index (χ3v) is 3.73. The predicted molar refractivity (Wildman–Crippen MR) is 59.5 cm³/mol. The van der Waals surface area contributed by atoms with Crippen LogP contribution in [0.25, 0.3) is 0 Å². The second-order valence-corrected chi connectivity index (χ2v) is 5.37. The van der Waals surface area contributed by atoms with Crippen LogP contribution >= 0.6 is 8.60 Å². The highest BCUT2D eigenvalue weighted by atomic mass is 31.2. The Labute approximate surface area is 92.9 Å². The molecule has 1 heterocycles. The van der Waals surface area contributed by atoms with Crippen LogP contribution in [-0.2, 0) is 13.6 Å². The highest BCUT2D eigenvalue weighted by molar-refractivity contribution is 7.41. The van der Waals surface area contributed by atoms with Crippen LogP contribution in [0.2, 0.25) is 0 Å². The van der Waals surface area contributed by atoms with Crippen molar-refractivity contribution in [3.8, 4) is 0 Å². The molecule has 1 fully saturated rings. The smallest absolute Gasteiger partial charge is 0.333 e. The van der Waals surface area contributed by atoms with Crippen LogP contribution in [0, 0.1) is 0 Å². The molecule has 0 aromatic heterocycles. The zero-order valence-electron chi connectivity index (χ0n) is 9.84. The summed E-state index contributed by atoms with van der Waals surface area (Å²) in [6.07, 6.45) is 1.52. The summed E-state index contributed by atoms with van der Waals surface area (Å²) in [5, 5.41) is 9.20. The van der Waals surface area contributed by atoms with Crippen LogP contribution in [-0.4, -0.2) is 29.5 Å². The summed E-state index contributed by atoms with van der Waals surface area (Å²) in [5.74, 6) is 0. The van der Waals surface area contributed by atoms with Gasteiger partial charge in [-0.1, -0.05) is 0 Å². The number of hydrogen-bond donors (Lipinski definition) is 1. The lowest BCUT2D eigenvalue weighted by Gasteiger charge is -2.31. The maximum atomic E-state index is 9.20. The van der Waals surface area contributed by atoms with Gasteiger partial charge < -0.3 is 18.7 Å². The Morgan fingerprint density at radius 3 is 2.33 bits per heavy atom. The fourth-order valence-corrected chi connectivity index (χ4v) is 2.88. The Morgan fingerprint density at radius 1 is 1.33 bits per heavy atom. The molecule has 0 aliphatic carbocycles. The van der Waals surface area contributed by atoms with E-state index in [0.29, 0.717) is 6.42 Å². The fourth-order valence-electron chi connectivity index (χ4n) is 1.59. The lowest BCUT2D eigenvalue weighted by atomic mass is 10.2. The molecule has 4 atom stereocenters. The molecule has 5 heteroatoms. The van der Waals surface area contributed by atoms with E-state index in [1.165, 1.54) is 0 Å². The SMILES string of the molecule is CC(O)CC(C)OP1OC(C)CC(C)O1. The third-order valence-electron chi connectivity index (χ3n) is 2.13. The highest BCUT2D eigenvalue weighted by Crippen LogP contribution is 2.48. The van der Waals surface area contributed by atoms with Crippen molar-refractivity contribution in [3.05, 3.63) is 0 Å². The van der Waals surface area contributed by atoms with E-state index in [9.17, 15) is 5.11 Å². The Hall–Kier alpha value is 0.270. The van der Waals surface area contributed by atoms with Crippen LogP contribution in [0.4, 0.5) is 0 Å². The zero-order chi connectivity index (χ0) is 11.4. The van der Waals surface area contributed by atoms with Crippen molar-refractivity contribution in [1.29, 1.82) is 0 Å². The summed E-state index contributed by atoms with van der Waals surface area (Å²) in [5.41, 5.74) is 0. The van der Waals surface area contributed by atoms with Gasteiger partial charge in [0.25, 0.3) is 0 Å². The van der Waals surface area contributed by atoms with Gasteiger partial charge in [0.05, 0.1) is 24.4 Å². The summed E-state index contributed by atoms with van der Waals surface area (Å²) in [6.45, 7) is 7.72. The van der Waals surface area contributed by atoms with Gasteiger partial charge in [0.15, 0.2) is 0 Å². The van der Waals surface area contributed by atoms with Crippen molar-refractivity contribution in [1.82, 2.24) is 0 Å². The van der Waals surface area contributed by atoms with Crippen molar-refractivity contribution in [2.75, 3.05) is 0 Å². The first-order chi connectivity index (χ1) is 6.97. The lowest BCUT2D eigenvalue weighted by molar-refractivity contribution is 0.0130. The molecule has 1 aliphatic heterocycles. The van der Waals surface area contributed by atoms with Crippen LogP contribution in [0.1, 0.15) is 40.5 Å². The van der Waals surface area contributed by atoms with E-state index < -0.39 is 8.60 Å². The van der Waals surface area contributed by atoms with Crippen LogP contribution in [0.5, 0.6) is 0 Å². The summed E-state index contributed by atoms with van der Waals surface area (Å²) < 4.78 is 16.7. The van der Waals surface area contributed by atoms with E-state index in [1.807, 2.05) is 20.8 Å². The van der Waals surface area contributed by atoms with Gasteiger partial charge in [0.2, 0.25) is 0 Å². The monoisotopic (exact) mass is 236 g/mol. The molecule has 4 nitrogen and oxygen atoms in total. The van der Waals surface area contributed by atoms with E-state index in [-0.39, 0.29) is 24.4 Å². The van der Waals surface area contributed by atoms with Gasteiger partial charge in [-0.05, 0) is 34.1 Å². The van der Waals surface area contributed by atoms with E-state index in [0.717, 1.165) is 6.42 Å². The minimum absolute atomic E-state index is 0.0337. The largest absolute Gasteiger partial charge is 0.393 e. The summed E-state index contributed by atoms with van der Waals surface area (Å²) in [4.78, 5) is 0. The second-order valence-electron chi connectivity index (χ2n) is 4.29. The third kappa shape index (κ3) is 5.23. The maximum absolute atomic E-state index is 9.20. The van der Waals surface area contributed by atoms with E-state index in [1.54, 1.807) is 6.92 Å². The Bertz CT molecular complexity index is 178. The molecule has 90 valence electrons. The Kier molecular flexibility index (Phi) is 5.44. The molecule has 15 heavy (non-hydrogen) atoms. The fraction of sp³-hybridized carbons (Fsp3) is 1.00. The average molecular weight is 236 g/mol. The summed E-state index contributed by atoms with van der Waals surface area (Å²) >= 11 is 0. The van der Waals surface area contributed by atoms with Crippen molar-refractivity contribution < 1.29 is 18.7 Å². The van der Waals surface area contributed by atoms with Crippen LogP contribution in [0.3, 0.4) is 0 Å². The lowest BCUT2D eigenvalue weighted by Crippen LogP contribution is -2.24.